The van der Waals surface area contributed by atoms with Crippen LogP contribution < -0.4 is 0 Å². The Morgan fingerprint density at radius 2 is 1.03 bits per heavy atom. The molecule has 0 spiro atoms. The molecule has 302 valence electrons. The minimum atomic E-state index is 0.427. The minimum Gasteiger partial charge on any atom is -0.456 e. The van der Waals surface area contributed by atoms with E-state index in [4.69, 9.17) is 19.4 Å². The number of benzene rings is 10. The van der Waals surface area contributed by atoms with Gasteiger partial charge in [0.2, 0.25) is 0 Å². The zero-order valence-corrected chi connectivity index (χ0v) is 35.0. The zero-order valence-electron chi connectivity index (χ0n) is 35.0. The van der Waals surface area contributed by atoms with Crippen molar-refractivity contribution < 1.29 is 4.42 Å². The molecule has 0 fully saturated rings. The minimum absolute atomic E-state index is 0.427. The van der Waals surface area contributed by atoms with Gasteiger partial charge in [0, 0.05) is 21.9 Å². The molecule has 1 heterocycles. The number of para-hydroxylation sites is 1. The lowest BCUT2D eigenvalue weighted by Gasteiger charge is -2.14. The molecule has 1 aromatic heterocycles. The van der Waals surface area contributed by atoms with Crippen molar-refractivity contribution >= 4 is 61.9 Å². The van der Waals surface area contributed by atoms with Crippen LogP contribution in [-0.2, 0) is 6.54 Å². The quantitative estimate of drug-likeness (QED) is 0.111. The number of furan rings is 1. The maximum Gasteiger partial charge on any atom is 0.162 e. The lowest BCUT2D eigenvalue weighted by molar-refractivity contribution is 0.669. The van der Waals surface area contributed by atoms with Crippen molar-refractivity contribution in [1.82, 2.24) is 0 Å². The molecule has 0 saturated carbocycles. The molecule has 0 radical (unpaired) electrons. The van der Waals surface area contributed by atoms with Crippen molar-refractivity contribution in [2.24, 2.45) is 15.0 Å². The second-order valence-electron chi connectivity index (χ2n) is 16.0. The Morgan fingerprint density at radius 3 is 1.84 bits per heavy atom. The lowest BCUT2D eigenvalue weighted by Crippen LogP contribution is -2.07. The second-order valence-corrected chi connectivity index (χ2v) is 16.0. The molecule has 4 heteroatoms. The van der Waals surface area contributed by atoms with Gasteiger partial charge in [0.1, 0.15) is 11.2 Å². The third kappa shape index (κ3) is 7.37. The van der Waals surface area contributed by atoms with E-state index in [0.717, 1.165) is 66.4 Å². The number of amidine groups is 2. The first-order valence-corrected chi connectivity index (χ1v) is 21.5. The Kier molecular flexibility index (Phi) is 10.1. The Morgan fingerprint density at radius 1 is 0.406 bits per heavy atom. The van der Waals surface area contributed by atoms with Crippen LogP contribution in [0.2, 0.25) is 0 Å². The molecule has 11 aromatic rings. The number of fused-ring (bicyclic) bond motifs is 5. The Bertz CT molecular complexity index is 3580. The van der Waals surface area contributed by atoms with Gasteiger partial charge in [-0.25, -0.2) is 9.98 Å². The normalized spacial score (nSPS) is 12.1. The van der Waals surface area contributed by atoms with Crippen molar-refractivity contribution in [3.05, 3.63) is 241 Å². The van der Waals surface area contributed by atoms with Gasteiger partial charge in [-0.3, -0.25) is 4.99 Å². The molecular formula is C60H41N3O. The van der Waals surface area contributed by atoms with Crippen LogP contribution in [0.25, 0.3) is 88.0 Å². The van der Waals surface area contributed by atoms with Crippen molar-refractivity contribution in [3.63, 3.8) is 0 Å². The predicted octanol–water partition coefficient (Wildman–Crippen LogP) is 15.7. The summed E-state index contributed by atoms with van der Waals surface area (Å²) >= 11 is 0. The highest BCUT2D eigenvalue weighted by atomic mass is 16.3. The third-order valence-electron chi connectivity index (χ3n) is 12.1. The van der Waals surface area contributed by atoms with Gasteiger partial charge in [-0.05, 0) is 109 Å². The standard InChI is InChI=1S/C60H41N3O/c1-61-60(63-59(62-39-40-25-26-42-15-5-6-17-48(42)37-40)47-33-31-46(32-34-47)52-23-12-18-45-16-7-8-21-51(45)52)58-53(35-36-56-57(58)54-22-9-10-24-55(54)64-56)50-20-11-19-49(38-50)44-29-27-43(28-30-44)41-13-3-2-4-14-41/h2-38H,1,39H2. The summed E-state index contributed by atoms with van der Waals surface area (Å²) in [6, 6.07) is 78.6. The van der Waals surface area contributed by atoms with E-state index in [9.17, 15) is 0 Å². The van der Waals surface area contributed by atoms with Gasteiger partial charge in [-0.15, -0.1) is 0 Å². The van der Waals surface area contributed by atoms with Crippen LogP contribution in [0.3, 0.4) is 0 Å². The molecule has 0 aliphatic rings. The van der Waals surface area contributed by atoms with E-state index in [-0.39, 0.29) is 0 Å². The Hall–Kier alpha value is -8.47. The molecule has 0 aliphatic carbocycles. The number of hydrogen-bond acceptors (Lipinski definition) is 2. The summed E-state index contributed by atoms with van der Waals surface area (Å²) in [5.74, 6) is 1.02. The summed E-state index contributed by atoms with van der Waals surface area (Å²) in [6.07, 6.45) is 0. The SMILES string of the molecule is C=NC(=NC(=NCc1ccc2ccccc2c1)c1ccc(-c2cccc3ccccc23)cc1)c1c(-c2cccc(-c3ccc(-c4ccccc4)cc3)c2)ccc2oc3ccccc3c12. The van der Waals surface area contributed by atoms with E-state index in [0.29, 0.717) is 18.2 Å². The molecular weight excluding hydrogens is 779 g/mol. The van der Waals surface area contributed by atoms with Gasteiger partial charge in [-0.2, -0.15) is 0 Å². The van der Waals surface area contributed by atoms with Gasteiger partial charge in [0.15, 0.2) is 11.7 Å². The number of rotatable bonds is 8. The van der Waals surface area contributed by atoms with Crippen LogP contribution in [0, 0.1) is 0 Å². The Labute approximate surface area is 371 Å². The molecule has 0 atom stereocenters. The van der Waals surface area contributed by atoms with Crippen molar-refractivity contribution in [1.29, 1.82) is 0 Å². The van der Waals surface area contributed by atoms with Gasteiger partial charge in [0.05, 0.1) is 6.54 Å². The first-order valence-electron chi connectivity index (χ1n) is 21.5. The molecule has 0 unspecified atom stereocenters. The van der Waals surface area contributed by atoms with E-state index in [2.05, 4.69) is 207 Å². The highest BCUT2D eigenvalue weighted by Gasteiger charge is 2.21. The highest BCUT2D eigenvalue weighted by Crippen LogP contribution is 2.39. The van der Waals surface area contributed by atoms with E-state index >= 15 is 0 Å². The molecule has 4 nitrogen and oxygen atoms in total. The van der Waals surface area contributed by atoms with Gasteiger partial charge < -0.3 is 4.42 Å². The van der Waals surface area contributed by atoms with Crippen molar-refractivity contribution in [3.8, 4) is 44.5 Å². The van der Waals surface area contributed by atoms with Gasteiger partial charge >= 0.3 is 0 Å². The monoisotopic (exact) mass is 819 g/mol. The fourth-order valence-electron chi connectivity index (χ4n) is 8.88. The fourth-order valence-corrected chi connectivity index (χ4v) is 8.88. The Balaban J connectivity index is 1.06. The molecule has 0 N–H and O–H groups in total. The summed E-state index contributed by atoms with van der Waals surface area (Å²) in [6.45, 7) is 4.58. The van der Waals surface area contributed by atoms with Gasteiger partial charge in [-0.1, -0.05) is 194 Å². The van der Waals surface area contributed by atoms with Crippen LogP contribution in [0.5, 0.6) is 0 Å². The zero-order chi connectivity index (χ0) is 42.8. The van der Waals surface area contributed by atoms with Crippen LogP contribution in [0.1, 0.15) is 16.7 Å². The maximum atomic E-state index is 6.49. The summed E-state index contributed by atoms with van der Waals surface area (Å²) in [5.41, 5.74) is 13.2. The second kappa shape index (κ2) is 16.8. The molecule has 0 bridgehead atoms. The molecule has 10 aromatic carbocycles. The molecule has 11 rings (SSSR count). The molecule has 64 heavy (non-hydrogen) atoms. The predicted molar refractivity (Wildman–Crippen MR) is 270 cm³/mol. The largest absolute Gasteiger partial charge is 0.456 e. The highest BCUT2D eigenvalue weighted by molar-refractivity contribution is 6.25. The fraction of sp³-hybridized carbons (Fsp3) is 0.0167. The number of nitrogens with zero attached hydrogens (tertiary/aromatic N) is 3. The third-order valence-corrected chi connectivity index (χ3v) is 12.1. The van der Waals surface area contributed by atoms with Crippen LogP contribution >= 0.6 is 0 Å². The average molecular weight is 820 g/mol. The van der Waals surface area contributed by atoms with Crippen molar-refractivity contribution in [2.75, 3.05) is 0 Å². The summed E-state index contributed by atoms with van der Waals surface area (Å²) in [4.78, 5) is 15.4. The first kappa shape index (κ1) is 38.5. The maximum absolute atomic E-state index is 6.49. The first-order chi connectivity index (χ1) is 31.7. The lowest BCUT2D eigenvalue weighted by atomic mass is 9.92. The summed E-state index contributed by atoms with van der Waals surface area (Å²) in [7, 11) is 0. The van der Waals surface area contributed by atoms with Crippen LogP contribution in [0.15, 0.2) is 244 Å². The summed E-state index contributed by atoms with van der Waals surface area (Å²) < 4.78 is 6.49. The molecule has 0 saturated heterocycles. The van der Waals surface area contributed by atoms with E-state index < -0.39 is 0 Å². The molecule has 0 amide bonds. The summed E-state index contributed by atoms with van der Waals surface area (Å²) in [5, 5.41) is 6.68. The number of aliphatic imine (C=N–C) groups is 3. The average Bonchev–Trinajstić information content (AvgIpc) is 3.75. The van der Waals surface area contributed by atoms with E-state index in [1.165, 1.54) is 38.2 Å². The smallest absolute Gasteiger partial charge is 0.162 e. The van der Waals surface area contributed by atoms with E-state index in [1.54, 1.807) is 0 Å². The van der Waals surface area contributed by atoms with Crippen LogP contribution in [0.4, 0.5) is 0 Å². The van der Waals surface area contributed by atoms with Gasteiger partial charge in [0.25, 0.3) is 0 Å². The molecule has 0 aliphatic heterocycles. The van der Waals surface area contributed by atoms with E-state index in [1.807, 2.05) is 24.3 Å². The number of hydrogen-bond donors (Lipinski definition) is 0. The van der Waals surface area contributed by atoms with Crippen LogP contribution in [-0.4, -0.2) is 18.4 Å². The topological polar surface area (TPSA) is 50.2 Å². The van der Waals surface area contributed by atoms with Crippen molar-refractivity contribution in [2.45, 2.75) is 6.54 Å².